The molecule has 1 heterocycles. The summed E-state index contributed by atoms with van der Waals surface area (Å²) >= 11 is 0. The lowest BCUT2D eigenvalue weighted by atomic mass is 10.0. The van der Waals surface area contributed by atoms with E-state index < -0.39 is 10.9 Å². The van der Waals surface area contributed by atoms with Crippen molar-refractivity contribution in [2.24, 2.45) is 0 Å². The average Bonchev–Trinajstić information content (AvgIpc) is 2.92. The van der Waals surface area contributed by atoms with Crippen molar-refractivity contribution in [2.75, 3.05) is 0 Å². The van der Waals surface area contributed by atoms with E-state index in [1.807, 2.05) is 32.0 Å². The van der Waals surface area contributed by atoms with Gasteiger partial charge >= 0.3 is 5.97 Å². The van der Waals surface area contributed by atoms with Crippen molar-refractivity contribution in [1.82, 2.24) is 0 Å². The molecule has 2 aromatic carbocycles. The minimum atomic E-state index is -0.459. The number of esters is 1. The highest BCUT2D eigenvalue weighted by Crippen LogP contribution is 2.30. The lowest BCUT2D eigenvalue weighted by Gasteiger charge is -2.06. The van der Waals surface area contributed by atoms with Crippen LogP contribution in [0.1, 0.15) is 27.8 Å². The number of hydrogen-bond acceptors (Lipinski definition) is 4. The lowest BCUT2D eigenvalue weighted by Crippen LogP contribution is -1.98. The number of nitro benzene ring substituents is 1. The molecule has 0 unspecified atom stereocenters. The molecule has 0 bridgehead atoms. The largest absolute Gasteiger partial charge is 0.422 e. The summed E-state index contributed by atoms with van der Waals surface area (Å²) in [6.07, 6.45) is 3.28. The fourth-order valence-electron chi connectivity index (χ4n) is 2.72. The van der Waals surface area contributed by atoms with Crippen LogP contribution in [0.5, 0.6) is 0 Å². The summed E-state index contributed by atoms with van der Waals surface area (Å²) in [6, 6.07) is 10.8. The van der Waals surface area contributed by atoms with Crippen LogP contribution in [0.3, 0.4) is 0 Å². The molecule has 0 radical (unpaired) electrons. The average molecular weight is 335 g/mol. The molecule has 0 saturated carbocycles. The minimum Gasteiger partial charge on any atom is -0.422 e. The van der Waals surface area contributed by atoms with Crippen molar-refractivity contribution < 1.29 is 14.5 Å². The summed E-state index contributed by atoms with van der Waals surface area (Å²) in [5, 5.41) is 11.1. The first-order valence-corrected chi connectivity index (χ1v) is 7.83. The van der Waals surface area contributed by atoms with Crippen molar-refractivity contribution in [3.05, 3.63) is 86.0 Å². The highest BCUT2D eigenvalue weighted by Gasteiger charge is 2.23. The Hall–Kier alpha value is -3.21. The molecule has 0 fully saturated rings. The number of rotatable bonds is 3. The number of nitrogens with zero attached hydrogens (tertiary/aromatic N) is 1. The summed E-state index contributed by atoms with van der Waals surface area (Å²) in [7, 11) is 0. The standard InChI is InChI=1S/C20H17NO4/c1-12-4-5-13(2)17(8-12)19-11-16(20(22)25-19)9-15-7-6-14(3)18(10-15)21(23)24/h4-11H,1-3H3/b16-9+. The maximum atomic E-state index is 12.2. The summed E-state index contributed by atoms with van der Waals surface area (Å²) < 4.78 is 5.39. The van der Waals surface area contributed by atoms with Crippen molar-refractivity contribution in [1.29, 1.82) is 0 Å². The van der Waals surface area contributed by atoms with Gasteiger partial charge < -0.3 is 4.74 Å². The zero-order valence-electron chi connectivity index (χ0n) is 14.2. The maximum Gasteiger partial charge on any atom is 0.343 e. The van der Waals surface area contributed by atoms with E-state index in [1.165, 1.54) is 6.07 Å². The van der Waals surface area contributed by atoms with Crippen molar-refractivity contribution >= 4 is 23.5 Å². The number of ether oxygens (including phenoxy) is 1. The Bertz CT molecular complexity index is 954. The van der Waals surface area contributed by atoms with Crippen LogP contribution < -0.4 is 0 Å². The predicted octanol–water partition coefficient (Wildman–Crippen LogP) is 4.50. The third kappa shape index (κ3) is 3.35. The van der Waals surface area contributed by atoms with Gasteiger partial charge in [-0.15, -0.1) is 0 Å². The van der Waals surface area contributed by atoms with Crippen LogP contribution in [0.4, 0.5) is 5.69 Å². The zero-order chi connectivity index (χ0) is 18.1. The van der Waals surface area contributed by atoms with Gasteiger partial charge in [-0.05, 0) is 50.1 Å². The number of benzene rings is 2. The van der Waals surface area contributed by atoms with Crippen molar-refractivity contribution in [3.63, 3.8) is 0 Å². The Morgan fingerprint density at radius 2 is 1.76 bits per heavy atom. The van der Waals surface area contributed by atoms with Crippen LogP contribution in [0, 0.1) is 30.9 Å². The second-order valence-corrected chi connectivity index (χ2v) is 6.12. The molecular formula is C20H17NO4. The van der Waals surface area contributed by atoms with Gasteiger partial charge in [0.1, 0.15) is 5.76 Å². The first kappa shape index (κ1) is 16.6. The van der Waals surface area contributed by atoms with Crippen LogP contribution >= 0.6 is 0 Å². The second kappa shape index (κ2) is 6.36. The lowest BCUT2D eigenvalue weighted by molar-refractivity contribution is -0.385. The van der Waals surface area contributed by atoms with Crippen LogP contribution in [0.2, 0.25) is 0 Å². The van der Waals surface area contributed by atoms with Gasteiger partial charge in [0.15, 0.2) is 0 Å². The van der Waals surface area contributed by atoms with Gasteiger partial charge in [-0.1, -0.05) is 29.8 Å². The number of cyclic esters (lactones) is 1. The van der Waals surface area contributed by atoms with Crippen molar-refractivity contribution in [2.45, 2.75) is 20.8 Å². The van der Waals surface area contributed by atoms with E-state index in [4.69, 9.17) is 4.74 Å². The zero-order valence-corrected chi connectivity index (χ0v) is 14.2. The van der Waals surface area contributed by atoms with Gasteiger partial charge in [0.2, 0.25) is 0 Å². The third-order valence-electron chi connectivity index (χ3n) is 4.14. The summed E-state index contributed by atoms with van der Waals surface area (Å²) in [5.41, 5.74) is 4.51. The molecule has 0 spiro atoms. The first-order valence-electron chi connectivity index (χ1n) is 7.83. The highest BCUT2D eigenvalue weighted by molar-refractivity contribution is 6.05. The Balaban J connectivity index is 2.00. The van der Waals surface area contributed by atoms with Crippen LogP contribution in [0.25, 0.3) is 11.8 Å². The van der Waals surface area contributed by atoms with E-state index in [2.05, 4.69) is 0 Å². The molecule has 5 heteroatoms. The van der Waals surface area contributed by atoms with Gasteiger partial charge in [0.25, 0.3) is 5.69 Å². The molecule has 0 N–H and O–H groups in total. The summed E-state index contributed by atoms with van der Waals surface area (Å²) in [6.45, 7) is 5.61. The van der Waals surface area contributed by atoms with E-state index in [-0.39, 0.29) is 5.69 Å². The van der Waals surface area contributed by atoms with Crippen LogP contribution in [-0.4, -0.2) is 10.9 Å². The molecule has 0 aromatic heterocycles. The van der Waals surface area contributed by atoms with E-state index in [0.29, 0.717) is 22.5 Å². The maximum absolute atomic E-state index is 12.2. The van der Waals surface area contributed by atoms with Crippen LogP contribution in [0.15, 0.2) is 48.0 Å². The number of carbonyl (C=O) groups is 1. The number of carbonyl (C=O) groups excluding carboxylic acids is 1. The molecule has 0 amide bonds. The monoisotopic (exact) mass is 335 g/mol. The third-order valence-corrected chi connectivity index (χ3v) is 4.14. The molecule has 0 saturated heterocycles. The molecule has 1 aliphatic heterocycles. The number of hydrogen-bond donors (Lipinski definition) is 0. The number of nitro groups is 1. The molecule has 5 nitrogen and oxygen atoms in total. The topological polar surface area (TPSA) is 69.4 Å². The van der Waals surface area contributed by atoms with Crippen LogP contribution in [-0.2, 0) is 9.53 Å². The highest BCUT2D eigenvalue weighted by atomic mass is 16.6. The van der Waals surface area contributed by atoms with E-state index in [1.54, 1.807) is 31.2 Å². The Kier molecular flexibility index (Phi) is 4.23. The molecular weight excluding hydrogens is 318 g/mol. The van der Waals surface area contributed by atoms with Crippen molar-refractivity contribution in [3.8, 4) is 0 Å². The molecule has 2 aromatic rings. The molecule has 1 aliphatic rings. The van der Waals surface area contributed by atoms with E-state index in [0.717, 1.165) is 16.7 Å². The van der Waals surface area contributed by atoms with Gasteiger partial charge in [-0.2, -0.15) is 0 Å². The smallest absolute Gasteiger partial charge is 0.343 e. The SMILES string of the molecule is Cc1ccc(C)c(C2=C/C(=C\c3ccc(C)c([N+](=O)[O-])c3)C(=O)O2)c1. The van der Waals surface area contributed by atoms with E-state index >= 15 is 0 Å². The molecule has 0 atom stereocenters. The minimum absolute atomic E-state index is 0.0273. The van der Waals surface area contributed by atoms with E-state index in [9.17, 15) is 14.9 Å². The summed E-state index contributed by atoms with van der Waals surface area (Å²) in [4.78, 5) is 22.8. The quantitative estimate of drug-likeness (QED) is 0.358. The Morgan fingerprint density at radius 1 is 1.04 bits per heavy atom. The molecule has 3 rings (SSSR count). The predicted molar refractivity (Wildman–Crippen MR) is 95.8 cm³/mol. The molecule has 126 valence electrons. The second-order valence-electron chi connectivity index (χ2n) is 6.12. The normalized spacial score (nSPS) is 15.2. The molecule has 0 aliphatic carbocycles. The summed E-state index contributed by atoms with van der Waals surface area (Å²) in [5.74, 6) is 0.0400. The van der Waals surface area contributed by atoms with Gasteiger partial charge in [-0.3, -0.25) is 10.1 Å². The Morgan fingerprint density at radius 3 is 2.48 bits per heavy atom. The molecule has 25 heavy (non-hydrogen) atoms. The fourth-order valence-corrected chi connectivity index (χ4v) is 2.72. The fraction of sp³-hybridized carbons (Fsp3) is 0.150. The first-order chi connectivity index (χ1) is 11.8. The van der Waals surface area contributed by atoms with Gasteiger partial charge in [-0.25, -0.2) is 4.79 Å². The van der Waals surface area contributed by atoms with Gasteiger partial charge in [0, 0.05) is 17.2 Å². The number of aryl methyl sites for hydroxylation is 3. The van der Waals surface area contributed by atoms with Gasteiger partial charge in [0.05, 0.1) is 10.5 Å². The Labute approximate surface area is 145 Å².